The highest BCUT2D eigenvalue weighted by Crippen LogP contribution is 2.14. The molecule has 0 fully saturated rings. The molecule has 0 aromatic carbocycles. The van der Waals surface area contributed by atoms with Gasteiger partial charge in [0, 0.05) is 24.8 Å². The van der Waals surface area contributed by atoms with Gasteiger partial charge in [0.15, 0.2) is 0 Å². The molecule has 0 spiro atoms. The van der Waals surface area contributed by atoms with Crippen LogP contribution in [0, 0.1) is 0 Å². The number of rotatable bonds is 6. The lowest BCUT2D eigenvalue weighted by molar-refractivity contribution is 0.325. The number of imidazole rings is 1. The maximum absolute atomic E-state index is 4.17. The van der Waals surface area contributed by atoms with Gasteiger partial charge < -0.3 is 9.88 Å². The Morgan fingerprint density at radius 3 is 2.53 bits per heavy atom. The molecule has 86 valence electrons. The summed E-state index contributed by atoms with van der Waals surface area (Å²) in [7, 11) is 0. The van der Waals surface area contributed by atoms with Crippen molar-refractivity contribution in [1.29, 1.82) is 0 Å². The molecular formula is C12H23N3. The second-order valence-corrected chi connectivity index (χ2v) is 4.29. The van der Waals surface area contributed by atoms with Crippen LogP contribution in [0.25, 0.3) is 0 Å². The second kappa shape index (κ2) is 5.31. The van der Waals surface area contributed by atoms with Crippen LogP contribution in [0.4, 0.5) is 0 Å². The fourth-order valence-electron chi connectivity index (χ4n) is 1.58. The highest BCUT2D eigenvalue weighted by Gasteiger charge is 2.18. The van der Waals surface area contributed by atoms with Gasteiger partial charge in [0.25, 0.3) is 0 Å². The molecule has 1 N–H and O–H groups in total. The number of hydrogen-bond acceptors (Lipinski definition) is 2. The molecule has 15 heavy (non-hydrogen) atoms. The Labute approximate surface area is 92.9 Å². The molecule has 1 aromatic heterocycles. The second-order valence-electron chi connectivity index (χ2n) is 4.29. The molecule has 0 radical (unpaired) electrons. The van der Waals surface area contributed by atoms with E-state index in [-0.39, 0.29) is 5.54 Å². The monoisotopic (exact) mass is 209 g/mol. The Balaban J connectivity index is 2.56. The summed E-state index contributed by atoms with van der Waals surface area (Å²) >= 11 is 0. The maximum atomic E-state index is 4.17. The Bertz CT molecular complexity index is 287. The first-order valence-electron chi connectivity index (χ1n) is 5.89. The van der Waals surface area contributed by atoms with Crippen molar-refractivity contribution in [2.45, 2.75) is 59.2 Å². The van der Waals surface area contributed by atoms with Crippen molar-refractivity contribution in [2.24, 2.45) is 0 Å². The lowest BCUT2D eigenvalue weighted by atomic mass is 9.95. The fraction of sp³-hybridized carbons (Fsp3) is 0.750. The quantitative estimate of drug-likeness (QED) is 0.780. The van der Waals surface area contributed by atoms with Gasteiger partial charge in [-0.25, -0.2) is 4.98 Å². The molecule has 0 unspecified atom stereocenters. The van der Waals surface area contributed by atoms with E-state index in [1.807, 2.05) is 12.5 Å². The molecule has 0 saturated carbocycles. The van der Waals surface area contributed by atoms with Crippen LogP contribution in [0.2, 0.25) is 0 Å². The Hall–Kier alpha value is -0.830. The van der Waals surface area contributed by atoms with Gasteiger partial charge in [0.2, 0.25) is 0 Å². The van der Waals surface area contributed by atoms with Crippen LogP contribution in [-0.4, -0.2) is 15.1 Å². The lowest BCUT2D eigenvalue weighted by Gasteiger charge is -2.28. The van der Waals surface area contributed by atoms with Gasteiger partial charge in [-0.15, -0.1) is 0 Å². The maximum Gasteiger partial charge on any atom is 0.0948 e. The third kappa shape index (κ3) is 3.06. The zero-order valence-corrected chi connectivity index (χ0v) is 10.4. The molecule has 3 heteroatoms. The number of hydrogen-bond donors (Lipinski definition) is 1. The molecule has 1 rings (SSSR count). The van der Waals surface area contributed by atoms with Gasteiger partial charge in [-0.1, -0.05) is 13.8 Å². The standard InChI is InChI=1S/C12H23N3/c1-5-12(4,6-2)14-9-11-8-13-10-15(11)7-3/h8,10,14H,5-7,9H2,1-4H3. The minimum atomic E-state index is 0.253. The van der Waals surface area contributed by atoms with E-state index in [2.05, 4.69) is 42.6 Å². The van der Waals surface area contributed by atoms with Gasteiger partial charge in [-0.05, 0) is 26.7 Å². The third-order valence-corrected chi connectivity index (χ3v) is 3.40. The van der Waals surface area contributed by atoms with Crippen molar-refractivity contribution < 1.29 is 0 Å². The van der Waals surface area contributed by atoms with Crippen LogP contribution in [-0.2, 0) is 13.1 Å². The summed E-state index contributed by atoms with van der Waals surface area (Å²) in [5.41, 5.74) is 1.52. The molecule has 0 saturated heterocycles. The van der Waals surface area contributed by atoms with Crippen LogP contribution in [0.3, 0.4) is 0 Å². The first-order chi connectivity index (χ1) is 7.15. The Morgan fingerprint density at radius 2 is 2.00 bits per heavy atom. The largest absolute Gasteiger partial charge is 0.334 e. The van der Waals surface area contributed by atoms with Crippen LogP contribution < -0.4 is 5.32 Å². The third-order valence-electron chi connectivity index (χ3n) is 3.40. The topological polar surface area (TPSA) is 29.9 Å². The summed E-state index contributed by atoms with van der Waals surface area (Å²) < 4.78 is 2.18. The Kier molecular flexibility index (Phi) is 4.33. The predicted octanol–water partition coefficient (Wildman–Crippen LogP) is 2.57. The van der Waals surface area contributed by atoms with E-state index in [4.69, 9.17) is 0 Å². The highest BCUT2D eigenvalue weighted by atomic mass is 15.1. The van der Waals surface area contributed by atoms with Crippen molar-refractivity contribution in [1.82, 2.24) is 14.9 Å². The molecule has 0 aliphatic carbocycles. The van der Waals surface area contributed by atoms with E-state index < -0.39 is 0 Å². The van der Waals surface area contributed by atoms with Crippen LogP contribution in [0.1, 0.15) is 46.2 Å². The van der Waals surface area contributed by atoms with E-state index in [0.29, 0.717) is 0 Å². The number of aryl methyl sites for hydroxylation is 1. The van der Waals surface area contributed by atoms with Crippen molar-refractivity contribution in [2.75, 3.05) is 0 Å². The Morgan fingerprint density at radius 1 is 1.33 bits per heavy atom. The van der Waals surface area contributed by atoms with Crippen LogP contribution in [0.15, 0.2) is 12.5 Å². The number of nitrogens with zero attached hydrogens (tertiary/aromatic N) is 2. The SMILES string of the molecule is CCn1cncc1CNC(C)(CC)CC. The zero-order valence-electron chi connectivity index (χ0n) is 10.4. The molecule has 0 aliphatic rings. The smallest absolute Gasteiger partial charge is 0.0948 e. The first-order valence-corrected chi connectivity index (χ1v) is 5.89. The van der Waals surface area contributed by atoms with Gasteiger partial charge >= 0.3 is 0 Å². The average molecular weight is 209 g/mol. The molecule has 3 nitrogen and oxygen atoms in total. The van der Waals surface area contributed by atoms with Gasteiger partial charge in [-0.3, -0.25) is 0 Å². The van der Waals surface area contributed by atoms with Crippen molar-refractivity contribution in [3.8, 4) is 0 Å². The molecule has 0 atom stereocenters. The van der Waals surface area contributed by atoms with Crippen molar-refractivity contribution in [3.05, 3.63) is 18.2 Å². The minimum absolute atomic E-state index is 0.253. The lowest BCUT2D eigenvalue weighted by Crippen LogP contribution is -2.40. The van der Waals surface area contributed by atoms with Gasteiger partial charge in [-0.2, -0.15) is 0 Å². The molecule has 1 heterocycles. The van der Waals surface area contributed by atoms with E-state index in [0.717, 1.165) is 25.9 Å². The average Bonchev–Trinajstić information content (AvgIpc) is 2.73. The summed E-state index contributed by atoms with van der Waals surface area (Å²) in [5.74, 6) is 0. The zero-order chi connectivity index (χ0) is 11.3. The van der Waals surface area contributed by atoms with Gasteiger partial charge in [0.05, 0.1) is 12.0 Å². The van der Waals surface area contributed by atoms with E-state index >= 15 is 0 Å². The summed E-state index contributed by atoms with van der Waals surface area (Å²) in [6, 6.07) is 0. The first kappa shape index (κ1) is 12.2. The van der Waals surface area contributed by atoms with Crippen LogP contribution in [0.5, 0.6) is 0 Å². The summed E-state index contributed by atoms with van der Waals surface area (Å²) in [4.78, 5) is 4.17. The number of aromatic nitrogens is 2. The highest BCUT2D eigenvalue weighted by molar-refractivity contribution is 4.99. The molecule has 0 aliphatic heterocycles. The van der Waals surface area contributed by atoms with E-state index in [9.17, 15) is 0 Å². The summed E-state index contributed by atoms with van der Waals surface area (Å²) in [6.07, 6.45) is 6.15. The number of nitrogens with one attached hydrogen (secondary N) is 1. The van der Waals surface area contributed by atoms with E-state index in [1.54, 1.807) is 0 Å². The van der Waals surface area contributed by atoms with Gasteiger partial charge in [0.1, 0.15) is 0 Å². The normalized spacial score (nSPS) is 12.0. The van der Waals surface area contributed by atoms with Crippen LogP contribution >= 0.6 is 0 Å². The molecule has 1 aromatic rings. The molecule has 0 amide bonds. The van der Waals surface area contributed by atoms with Crippen molar-refractivity contribution >= 4 is 0 Å². The fourth-order valence-corrected chi connectivity index (χ4v) is 1.58. The minimum Gasteiger partial charge on any atom is -0.334 e. The van der Waals surface area contributed by atoms with Crippen molar-refractivity contribution in [3.63, 3.8) is 0 Å². The molecule has 0 bridgehead atoms. The summed E-state index contributed by atoms with van der Waals surface area (Å²) in [5, 5.41) is 3.61. The predicted molar refractivity (Wildman–Crippen MR) is 63.7 cm³/mol. The van der Waals surface area contributed by atoms with E-state index in [1.165, 1.54) is 5.69 Å². The summed E-state index contributed by atoms with van der Waals surface area (Å²) in [6.45, 7) is 10.8. The molecular weight excluding hydrogens is 186 g/mol.